The third-order valence-electron chi connectivity index (χ3n) is 5.62. The summed E-state index contributed by atoms with van der Waals surface area (Å²) >= 11 is 0. The Balaban J connectivity index is 1.68. The number of alkyl halides is 2. The number of nitrogens with one attached hydrogen (secondary N) is 3. The molecule has 1 fully saturated rings. The molecule has 0 saturated heterocycles. The van der Waals surface area contributed by atoms with Crippen LogP contribution in [0.2, 0.25) is 0 Å². The van der Waals surface area contributed by atoms with E-state index < -0.39 is 23.3 Å². The minimum absolute atomic E-state index is 0.0929. The van der Waals surface area contributed by atoms with Gasteiger partial charge in [-0.2, -0.15) is 0 Å². The molecule has 0 aliphatic heterocycles. The van der Waals surface area contributed by atoms with Gasteiger partial charge in [0.2, 0.25) is 11.8 Å². The zero-order valence-corrected chi connectivity index (χ0v) is 21.2. The van der Waals surface area contributed by atoms with E-state index in [1.54, 1.807) is 50.5 Å². The lowest BCUT2D eigenvalue weighted by Gasteiger charge is -2.33. The van der Waals surface area contributed by atoms with Crippen LogP contribution in [-0.2, 0) is 11.4 Å². The first-order chi connectivity index (χ1) is 18.0. The predicted octanol–water partition coefficient (Wildman–Crippen LogP) is 4.65. The molecule has 1 aromatic carbocycles. The molecule has 0 bridgehead atoms. The van der Waals surface area contributed by atoms with Crippen LogP contribution in [0.15, 0.2) is 64.1 Å². The van der Waals surface area contributed by atoms with Crippen LogP contribution in [0, 0.1) is 17.1 Å². The molecule has 1 saturated carbocycles. The summed E-state index contributed by atoms with van der Waals surface area (Å²) in [6.45, 7) is 7.02. The van der Waals surface area contributed by atoms with E-state index in [0.717, 1.165) is 5.56 Å². The minimum atomic E-state index is -2.72. The van der Waals surface area contributed by atoms with Gasteiger partial charge >= 0.3 is 0 Å². The normalized spacial score (nSPS) is 16.8. The van der Waals surface area contributed by atoms with Crippen LogP contribution in [0.3, 0.4) is 0 Å². The first-order valence-electron chi connectivity index (χ1n) is 11.9. The predicted molar refractivity (Wildman–Crippen MR) is 142 cm³/mol. The molecule has 0 atom stereocenters. The molecule has 1 aromatic heterocycles. The second-order valence-corrected chi connectivity index (χ2v) is 9.54. The number of aliphatic imine (C=N–C) groups is 1. The van der Waals surface area contributed by atoms with E-state index in [1.165, 1.54) is 24.6 Å². The van der Waals surface area contributed by atoms with Crippen molar-refractivity contribution < 1.29 is 23.1 Å². The fraction of sp³-hybridized carbons (Fsp3) is 0.333. The average molecular weight is 529 g/mol. The zero-order chi connectivity index (χ0) is 27.8. The van der Waals surface area contributed by atoms with Crippen molar-refractivity contribution in [1.82, 2.24) is 10.3 Å². The maximum Gasteiger partial charge on any atom is 0.249 e. The molecule has 11 heteroatoms. The number of pyridine rings is 1. The summed E-state index contributed by atoms with van der Waals surface area (Å²) in [5.41, 5.74) is 1.92. The number of H-pyrrole nitrogens is 1. The van der Waals surface area contributed by atoms with Gasteiger partial charge in [0.15, 0.2) is 0 Å². The lowest BCUT2D eigenvalue weighted by atomic mass is 9.81. The SMILES string of the molecule is C=NO/C(=N\Cc1ccc(F)c(/C=C/N=c2/ccc(/C(C=N)=C/NCC(C)(C)O)c[nH]2)c1)C1CC(F)(F)C1. The number of hydrogen-bond acceptors (Lipinski definition) is 7. The number of nitrogens with zero attached hydrogens (tertiary/aromatic N) is 3. The van der Waals surface area contributed by atoms with Crippen LogP contribution in [0.25, 0.3) is 11.6 Å². The molecule has 0 spiro atoms. The van der Waals surface area contributed by atoms with Gasteiger partial charge in [-0.1, -0.05) is 11.2 Å². The highest BCUT2D eigenvalue weighted by Crippen LogP contribution is 2.43. The summed E-state index contributed by atoms with van der Waals surface area (Å²) < 4.78 is 40.7. The maximum absolute atomic E-state index is 14.3. The van der Waals surface area contributed by atoms with Gasteiger partial charge in [-0.25, -0.2) is 23.2 Å². The summed E-state index contributed by atoms with van der Waals surface area (Å²) in [5, 5.41) is 23.7. The second kappa shape index (κ2) is 12.5. The lowest BCUT2D eigenvalue weighted by Crippen LogP contribution is -2.40. The number of aromatic amines is 1. The number of allylic oxidation sites excluding steroid dienone is 1. The molecule has 0 radical (unpaired) electrons. The molecular weight excluding hydrogens is 497 g/mol. The van der Waals surface area contributed by atoms with Crippen LogP contribution >= 0.6 is 0 Å². The molecule has 38 heavy (non-hydrogen) atoms. The van der Waals surface area contributed by atoms with Crippen molar-refractivity contribution in [3.05, 3.63) is 76.9 Å². The molecule has 2 aromatic rings. The summed E-state index contributed by atoms with van der Waals surface area (Å²) in [7, 11) is 0. The van der Waals surface area contributed by atoms with Crippen molar-refractivity contribution >= 4 is 30.5 Å². The number of benzene rings is 1. The Labute approximate surface area is 218 Å². The van der Waals surface area contributed by atoms with Crippen LogP contribution in [0.4, 0.5) is 13.2 Å². The summed E-state index contributed by atoms with van der Waals surface area (Å²) in [4.78, 5) is 16.5. The first-order valence-corrected chi connectivity index (χ1v) is 11.9. The van der Waals surface area contributed by atoms with E-state index in [9.17, 15) is 18.3 Å². The number of rotatable bonds is 11. The number of hydrogen-bond donors (Lipinski definition) is 4. The Morgan fingerprint density at radius 2 is 2.08 bits per heavy atom. The standard InChI is InChI=1S/C27H31F3N6O2/c1-26(2,37)17-33-15-22(13-31)20-5-7-24(35-16-20)34-9-8-19-10-18(4-6-23(19)28)14-36-25(38-32-3)21-11-27(29,30)12-21/h4-10,13,15-16,21,31,33,37H,3,11-12,14,17H2,1-2H3,(H,34,35)/b9-8+,22-15+,31-13?,36-25-. The van der Waals surface area contributed by atoms with Crippen molar-refractivity contribution in [3.8, 4) is 0 Å². The molecule has 1 aliphatic rings. The summed E-state index contributed by atoms with van der Waals surface area (Å²) in [5.74, 6) is -3.61. The van der Waals surface area contributed by atoms with Gasteiger partial charge in [0.25, 0.3) is 0 Å². The highest BCUT2D eigenvalue weighted by atomic mass is 19.3. The van der Waals surface area contributed by atoms with Crippen LogP contribution < -0.4 is 10.8 Å². The molecular formula is C27H31F3N6O2. The third-order valence-corrected chi connectivity index (χ3v) is 5.62. The number of aliphatic hydroxyl groups is 1. The molecule has 1 aliphatic carbocycles. The van der Waals surface area contributed by atoms with Gasteiger partial charge in [0, 0.05) is 73.5 Å². The van der Waals surface area contributed by atoms with Gasteiger partial charge in [-0.05, 0) is 49.8 Å². The van der Waals surface area contributed by atoms with Crippen molar-refractivity contribution in [3.63, 3.8) is 0 Å². The first kappa shape index (κ1) is 28.6. The van der Waals surface area contributed by atoms with E-state index >= 15 is 0 Å². The molecule has 202 valence electrons. The molecule has 0 amide bonds. The van der Waals surface area contributed by atoms with Crippen molar-refractivity contribution in [1.29, 1.82) is 5.41 Å². The topological polar surface area (TPSA) is 118 Å². The maximum atomic E-state index is 14.3. The molecule has 3 rings (SSSR count). The van der Waals surface area contributed by atoms with E-state index in [1.807, 2.05) is 0 Å². The molecule has 4 N–H and O–H groups in total. The third kappa shape index (κ3) is 8.55. The van der Waals surface area contributed by atoms with Crippen LogP contribution in [0.1, 0.15) is 43.4 Å². The summed E-state index contributed by atoms with van der Waals surface area (Å²) in [6.07, 6.45) is 6.78. The Morgan fingerprint density at radius 3 is 2.68 bits per heavy atom. The van der Waals surface area contributed by atoms with Gasteiger partial charge < -0.3 is 25.7 Å². The van der Waals surface area contributed by atoms with E-state index in [4.69, 9.17) is 10.2 Å². The smallest absolute Gasteiger partial charge is 0.249 e. The van der Waals surface area contributed by atoms with Crippen molar-refractivity contribution in [2.75, 3.05) is 6.54 Å². The van der Waals surface area contributed by atoms with Crippen LogP contribution in [-0.4, -0.2) is 47.0 Å². The highest BCUT2D eigenvalue weighted by Gasteiger charge is 2.48. The Hall–Kier alpha value is -3.99. The fourth-order valence-electron chi connectivity index (χ4n) is 3.62. The highest BCUT2D eigenvalue weighted by molar-refractivity contribution is 6.07. The van der Waals surface area contributed by atoms with Gasteiger partial charge in [-0.15, -0.1) is 0 Å². The monoisotopic (exact) mass is 528 g/mol. The number of oxime groups is 1. The van der Waals surface area contributed by atoms with Gasteiger partial charge in [-0.3, -0.25) is 0 Å². The van der Waals surface area contributed by atoms with Crippen molar-refractivity contribution in [2.45, 2.75) is 44.8 Å². The number of halogens is 3. The Kier molecular flexibility index (Phi) is 9.40. The fourth-order valence-corrected chi connectivity index (χ4v) is 3.62. The zero-order valence-electron chi connectivity index (χ0n) is 21.2. The largest absolute Gasteiger partial charge is 0.389 e. The second-order valence-electron chi connectivity index (χ2n) is 9.54. The van der Waals surface area contributed by atoms with Crippen LogP contribution in [0.5, 0.6) is 0 Å². The Morgan fingerprint density at radius 1 is 1.32 bits per heavy atom. The number of aromatic nitrogens is 1. The van der Waals surface area contributed by atoms with E-state index in [2.05, 4.69) is 32.2 Å². The molecule has 8 nitrogen and oxygen atoms in total. The average Bonchev–Trinajstić information content (AvgIpc) is 2.84. The molecule has 0 unspecified atom stereocenters. The molecule has 1 heterocycles. The lowest BCUT2D eigenvalue weighted by molar-refractivity contribution is -0.0956. The quantitative estimate of drug-likeness (QED) is 0.193. The van der Waals surface area contributed by atoms with E-state index in [-0.39, 0.29) is 30.8 Å². The minimum Gasteiger partial charge on any atom is -0.389 e. The van der Waals surface area contributed by atoms with E-state index in [0.29, 0.717) is 23.2 Å². The Bertz CT molecular complexity index is 1280. The van der Waals surface area contributed by atoms with Gasteiger partial charge in [0.1, 0.15) is 11.3 Å². The summed E-state index contributed by atoms with van der Waals surface area (Å²) in [6, 6.07) is 7.94. The van der Waals surface area contributed by atoms with Gasteiger partial charge in [0.05, 0.1) is 12.1 Å². The van der Waals surface area contributed by atoms with Crippen molar-refractivity contribution in [2.24, 2.45) is 21.1 Å².